The number of amides is 2. The number of aromatic carboxylic acids is 1. The van der Waals surface area contributed by atoms with E-state index < -0.39 is 23.8 Å². The molecule has 1 aromatic rings. The van der Waals surface area contributed by atoms with Crippen molar-refractivity contribution in [3.8, 4) is 0 Å². The van der Waals surface area contributed by atoms with Crippen LogP contribution in [0, 0.1) is 5.92 Å². The van der Waals surface area contributed by atoms with Crippen LogP contribution in [0.2, 0.25) is 0 Å². The molecule has 25 heavy (non-hydrogen) atoms. The predicted molar refractivity (Wildman–Crippen MR) is 91.7 cm³/mol. The van der Waals surface area contributed by atoms with E-state index in [0.717, 1.165) is 24.8 Å². The molecule has 0 aromatic heterocycles. The van der Waals surface area contributed by atoms with Gasteiger partial charge in [0.25, 0.3) is 0 Å². The molecule has 2 aliphatic rings. The minimum absolute atomic E-state index is 0.00229. The molecule has 4 N–H and O–H groups in total. The molecule has 2 unspecified atom stereocenters. The summed E-state index contributed by atoms with van der Waals surface area (Å²) in [6.07, 6.45) is 3.70. The average molecular weight is 362 g/mol. The molecule has 2 atom stereocenters. The SMILES string of the molecule is CS/N=N/c1c(C(=O)O)ccc2c1CC(NC(=O)C1CC1)C2C(N)=O. The lowest BCUT2D eigenvalue weighted by atomic mass is 9.96. The summed E-state index contributed by atoms with van der Waals surface area (Å²) >= 11 is 1.10. The zero-order valence-electron chi connectivity index (χ0n) is 13.6. The molecule has 8 nitrogen and oxygen atoms in total. The van der Waals surface area contributed by atoms with E-state index in [1.807, 2.05) is 0 Å². The lowest BCUT2D eigenvalue weighted by Crippen LogP contribution is -2.42. The largest absolute Gasteiger partial charge is 0.478 e. The van der Waals surface area contributed by atoms with Gasteiger partial charge in [-0.3, -0.25) is 9.59 Å². The van der Waals surface area contributed by atoms with Crippen molar-refractivity contribution in [2.24, 2.45) is 21.3 Å². The third-order valence-electron chi connectivity index (χ3n) is 4.52. The summed E-state index contributed by atoms with van der Waals surface area (Å²) in [6.45, 7) is 0. The van der Waals surface area contributed by atoms with E-state index in [4.69, 9.17) is 5.73 Å². The van der Waals surface area contributed by atoms with Crippen molar-refractivity contribution in [1.82, 2.24) is 5.32 Å². The van der Waals surface area contributed by atoms with Gasteiger partial charge in [0.15, 0.2) is 0 Å². The van der Waals surface area contributed by atoms with Crippen molar-refractivity contribution < 1.29 is 19.5 Å². The number of primary amides is 1. The number of benzene rings is 1. The van der Waals surface area contributed by atoms with Crippen LogP contribution in [-0.4, -0.2) is 35.2 Å². The molecule has 1 fully saturated rings. The maximum atomic E-state index is 12.1. The number of carbonyl (C=O) groups is 3. The Balaban J connectivity index is 2.02. The highest BCUT2D eigenvalue weighted by molar-refractivity contribution is 7.97. The summed E-state index contributed by atoms with van der Waals surface area (Å²) in [5.74, 6) is -2.48. The molecule has 0 spiro atoms. The number of nitrogens with two attached hydrogens (primary N) is 1. The van der Waals surface area contributed by atoms with Crippen LogP contribution < -0.4 is 11.1 Å². The summed E-state index contributed by atoms with van der Waals surface area (Å²) in [4.78, 5) is 35.6. The standard InChI is InChI=1S/C16H18N4O4S/c1-25-20-19-13-9(16(23)24)5-4-8-10(13)6-11(12(8)14(17)21)18-15(22)7-2-3-7/h4-5,7,11-12H,2-3,6H2,1H3,(H2,17,21)(H,18,22)(H,23,24)/b20-19+. The van der Waals surface area contributed by atoms with Crippen molar-refractivity contribution in [3.63, 3.8) is 0 Å². The third-order valence-corrected chi connectivity index (χ3v) is 4.76. The first-order valence-electron chi connectivity index (χ1n) is 7.87. The topological polar surface area (TPSA) is 134 Å². The first kappa shape index (κ1) is 17.4. The van der Waals surface area contributed by atoms with Crippen LogP contribution in [0.25, 0.3) is 0 Å². The Morgan fingerprint density at radius 3 is 2.60 bits per heavy atom. The molecule has 0 aliphatic heterocycles. The molecule has 2 amide bonds. The summed E-state index contributed by atoms with van der Waals surface area (Å²) in [5, 5.41) is 16.3. The van der Waals surface area contributed by atoms with Gasteiger partial charge < -0.3 is 16.2 Å². The van der Waals surface area contributed by atoms with Crippen molar-refractivity contribution in [1.29, 1.82) is 0 Å². The number of carboxylic acids is 1. The number of carbonyl (C=O) groups excluding carboxylic acids is 2. The molecule has 3 rings (SSSR count). The lowest BCUT2D eigenvalue weighted by Gasteiger charge is -2.18. The number of hydrogen-bond donors (Lipinski definition) is 3. The second-order valence-corrected chi connectivity index (χ2v) is 6.70. The van der Waals surface area contributed by atoms with E-state index in [1.54, 1.807) is 12.3 Å². The Labute approximate surface area is 148 Å². The Kier molecular flexibility index (Phi) is 4.76. The fourth-order valence-corrected chi connectivity index (χ4v) is 3.38. The lowest BCUT2D eigenvalue weighted by molar-refractivity contribution is -0.124. The average Bonchev–Trinajstić information content (AvgIpc) is 3.33. The maximum absolute atomic E-state index is 12.1. The number of rotatable bonds is 6. The number of fused-ring (bicyclic) bond motifs is 1. The Morgan fingerprint density at radius 2 is 2.04 bits per heavy atom. The molecule has 2 aliphatic carbocycles. The van der Waals surface area contributed by atoms with E-state index >= 15 is 0 Å². The smallest absolute Gasteiger partial charge is 0.337 e. The quantitative estimate of drug-likeness (QED) is 0.523. The van der Waals surface area contributed by atoms with Gasteiger partial charge in [0, 0.05) is 18.2 Å². The van der Waals surface area contributed by atoms with E-state index in [9.17, 15) is 19.5 Å². The maximum Gasteiger partial charge on any atom is 0.337 e. The molecule has 132 valence electrons. The van der Waals surface area contributed by atoms with Crippen LogP contribution >= 0.6 is 11.9 Å². The van der Waals surface area contributed by atoms with Gasteiger partial charge in [-0.05, 0) is 48.4 Å². The van der Waals surface area contributed by atoms with Crippen LogP contribution in [0.1, 0.15) is 40.2 Å². The fraction of sp³-hybridized carbons (Fsp3) is 0.438. The van der Waals surface area contributed by atoms with Crippen molar-refractivity contribution in [2.45, 2.75) is 31.2 Å². The van der Waals surface area contributed by atoms with E-state index in [2.05, 4.69) is 15.0 Å². The molecular formula is C16H18N4O4S. The van der Waals surface area contributed by atoms with Crippen LogP contribution in [0.3, 0.4) is 0 Å². The fourth-order valence-electron chi connectivity index (χ4n) is 3.21. The molecule has 0 heterocycles. The van der Waals surface area contributed by atoms with Crippen molar-refractivity contribution in [3.05, 3.63) is 28.8 Å². The van der Waals surface area contributed by atoms with Gasteiger partial charge in [-0.15, -0.1) is 9.63 Å². The summed E-state index contributed by atoms with van der Waals surface area (Å²) < 4.78 is 3.83. The Bertz CT molecular complexity index is 776. The van der Waals surface area contributed by atoms with Crippen LogP contribution in [0.5, 0.6) is 0 Å². The summed E-state index contributed by atoms with van der Waals surface area (Å²) in [7, 11) is 0. The third kappa shape index (κ3) is 3.37. The van der Waals surface area contributed by atoms with Crippen molar-refractivity contribution >= 4 is 35.4 Å². The number of nitrogens with zero attached hydrogens (tertiary/aromatic N) is 2. The van der Waals surface area contributed by atoms with E-state index in [1.165, 1.54) is 6.07 Å². The van der Waals surface area contributed by atoms with Gasteiger partial charge in [0.05, 0.1) is 11.5 Å². The normalized spacial score (nSPS) is 22.0. The van der Waals surface area contributed by atoms with Gasteiger partial charge in [-0.25, -0.2) is 4.79 Å². The minimum Gasteiger partial charge on any atom is -0.478 e. The molecule has 1 saturated carbocycles. The first-order chi connectivity index (χ1) is 11.9. The number of carboxylic acid groups (broad SMARTS) is 1. The molecule has 1 aromatic carbocycles. The Hall–Kier alpha value is -2.42. The van der Waals surface area contributed by atoms with Gasteiger partial charge in [0.2, 0.25) is 11.8 Å². The zero-order valence-corrected chi connectivity index (χ0v) is 14.4. The number of nitrogens with one attached hydrogen (secondary N) is 1. The summed E-state index contributed by atoms with van der Waals surface area (Å²) in [6, 6.07) is 2.49. The van der Waals surface area contributed by atoms with Crippen LogP contribution in [0.4, 0.5) is 5.69 Å². The Morgan fingerprint density at radius 1 is 1.32 bits per heavy atom. The van der Waals surface area contributed by atoms with Crippen molar-refractivity contribution in [2.75, 3.05) is 6.26 Å². The highest BCUT2D eigenvalue weighted by Crippen LogP contribution is 2.41. The zero-order chi connectivity index (χ0) is 18.1. The van der Waals surface area contributed by atoms with E-state index in [0.29, 0.717) is 17.5 Å². The summed E-state index contributed by atoms with van der Waals surface area (Å²) in [5.41, 5.74) is 6.98. The number of hydrogen-bond acceptors (Lipinski definition) is 6. The predicted octanol–water partition coefficient (Wildman–Crippen LogP) is 1.77. The monoisotopic (exact) mass is 362 g/mol. The van der Waals surface area contributed by atoms with Gasteiger partial charge >= 0.3 is 5.97 Å². The van der Waals surface area contributed by atoms with Gasteiger partial charge in [0.1, 0.15) is 5.69 Å². The van der Waals surface area contributed by atoms with E-state index in [-0.39, 0.29) is 23.1 Å². The molecule has 0 saturated heterocycles. The van der Waals surface area contributed by atoms with Crippen LogP contribution in [0.15, 0.2) is 21.8 Å². The minimum atomic E-state index is -1.13. The van der Waals surface area contributed by atoms with Gasteiger partial charge in [-0.2, -0.15) is 0 Å². The van der Waals surface area contributed by atoms with Gasteiger partial charge in [-0.1, -0.05) is 6.07 Å². The highest BCUT2D eigenvalue weighted by Gasteiger charge is 2.41. The molecular weight excluding hydrogens is 344 g/mol. The molecule has 9 heteroatoms. The first-order valence-corrected chi connectivity index (χ1v) is 9.05. The second kappa shape index (κ2) is 6.83. The highest BCUT2D eigenvalue weighted by atomic mass is 32.2. The van der Waals surface area contributed by atoms with Crippen LogP contribution in [-0.2, 0) is 16.0 Å². The molecule has 0 bridgehead atoms. The second-order valence-electron chi connectivity index (χ2n) is 6.17. The molecule has 0 radical (unpaired) electrons.